The van der Waals surface area contributed by atoms with Gasteiger partial charge in [-0.1, -0.05) is 35.6 Å². The van der Waals surface area contributed by atoms with Gasteiger partial charge in [0.2, 0.25) is 5.91 Å². The molecule has 1 heterocycles. The Kier molecular flexibility index (Phi) is 5.39. The summed E-state index contributed by atoms with van der Waals surface area (Å²) in [5.41, 5.74) is 0.841. The number of halogens is 2. The fourth-order valence-corrected chi connectivity index (χ4v) is 5.29. The molecule has 0 spiro atoms. The van der Waals surface area contributed by atoms with Crippen LogP contribution >= 0.6 is 34.5 Å². The van der Waals surface area contributed by atoms with Gasteiger partial charge in [-0.15, -0.1) is 23.2 Å². The van der Waals surface area contributed by atoms with Crippen molar-refractivity contribution in [3.05, 3.63) is 36.4 Å². The van der Waals surface area contributed by atoms with Crippen LogP contribution < -0.4 is 5.32 Å². The van der Waals surface area contributed by atoms with Gasteiger partial charge in [0.15, 0.2) is 5.13 Å². The average molecular weight is 425 g/mol. The zero-order valence-electron chi connectivity index (χ0n) is 14.3. The zero-order chi connectivity index (χ0) is 19.0. The largest absolute Gasteiger partial charge is 0.460 e. The van der Waals surface area contributed by atoms with Crippen LogP contribution in [0.1, 0.15) is 6.42 Å². The highest BCUT2D eigenvalue weighted by atomic mass is 35.5. The predicted octanol–water partition coefficient (Wildman–Crippen LogP) is 4.06. The Hall–Kier alpha value is -1.63. The summed E-state index contributed by atoms with van der Waals surface area (Å²) in [6.07, 6.45) is 4.27. The number of alkyl halides is 2. The first-order valence-corrected chi connectivity index (χ1v) is 10.7. The summed E-state index contributed by atoms with van der Waals surface area (Å²) in [7, 11) is 0. The Morgan fingerprint density at radius 2 is 1.89 bits per heavy atom. The van der Waals surface area contributed by atoms with E-state index >= 15 is 0 Å². The van der Waals surface area contributed by atoms with E-state index in [4.69, 9.17) is 27.9 Å². The molecule has 2 aliphatic rings. The van der Waals surface area contributed by atoms with Gasteiger partial charge < -0.3 is 10.1 Å². The SMILES string of the molecule is O=C(Nc1nc2ccccc2s1)[C@@H]1[C@H](C(=O)OC(CCl)CCl)[C@H]2C=C[C@H]1C2. The van der Waals surface area contributed by atoms with E-state index in [2.05, 4.69) is 10.3 Å². The van der Waals surface area contributed by atoms with Crippen molar-refractivity contribution in [1.82, 2.24) is 4.98 Å². The second-order valence-corrected chi connectivity index (χ2v) is 8.49. The molecule has 142 valence electrons. The highest BCUT2D eigenvalue weighted by molar-refractivity contribution is 7.22. The number of benzene rings is 1. The van der Waals surface area contributed by atoms with Crippen molar-refractivity contribution in [2.45, 2.75) is 12.5 Å². The monoisotopic (exact) mass is 424 g/mol. The number of esters is 1. The number of amides is 1. The van der Waals surface area contributed by atoms with Crippen molar-refractivity contribution < 1.29 is 14.3 Å². The number of carbonyl (C=O) groups excluding carboxylic acids is 2. The Labute approximate surface area is 170 Å². The van der Waals surface area contributed by atoms with Crippen LogP contribution in [-0.4, -0.2) is 34.7 Å². The number of rotatable bonds is 6. The topological polar surface area (TPSA) is 68.3 Å². The summed E-state index contributed by atoms with van der Waals surface area (Å²) in [6, 6.07) is 7.70. The van der Waals surface area contributed by atoms with E-state index in [1.165, 1.54) is 11.3 Å². The standard InChI is InChI=1S/C19H18Cl2N2O3S/c20-8-12(9-21)26-18(25)16-11-6-5-10(7-11)15(16)17(24)23-19-22-13-3-1-2-4-14(13)27-19/h1-6,10-12,15-16H,7-9H2,(H,22,23,24)/t10-,11-,15-,16+/m0/s1. The molecule has 0 unspecified atom stereocenters. The molecule has 1 aromatic heterocycles. The van der Waals surface area contributed by atoms with Gasteiger partial charge >= 0.3 is 5.97 Å². The van der Waals surface area contributed by atoms with Crippen LogP contribution in [0.2, 0.25) is 0 Å². The number of nitrogens with zero attached hydrogens (tertiary/aromatic N) is 1. The molecule has 27 heavy (non-hydrogen) atoms. The molecular formula is C19H18Cl2N2O3S. The summed E-state index contributed by atoms with van der Waals surface area (Å²) >= 11 is 13.0. The van der Waals surface area contributed by atoms with Gasteiger partial charge in [-0.3, -0.25) is 9.59 Å². The number of ether oxygens (including phenoxy) is 1. The number of aromatic nitrogens is 1. The van der Waals surface area contributed by atoms with E-state index in [-0.39, 0.29) is 29.5 Å². The summed E-state index contributed by atoms with van der Waals surface area (Å²) in [5, 5.41) is 3.44. The maximum Gasteiger partial charge on any atom is 0.310 e. The molecule has 4 rings (SSSR count). The lowest BCUT2D eigenvalue weighted by Crippen LogP contribution is -2.39. The van der Waals surface area contributed by atoms with Crippen molar-refractivity contribution in [1.29, 1.82) is 0 Å². The maximum atomic E-state index is 13.0. The number of nitrogens with one attached hydrogen (secondary N) is 1. The third kappa shape index (κ3) is 3.58. The highest BCUT2D eigenvalue weighted by Crippen LogP contribution is 2.49. The number of fused-ring (bicyclic) bond motifs is 3. The van der Waals surface area contributed by atoms with Crippen LogP contribution in [0.25, 0.3) is 10.2 Å². The number of para-hydroxylation sites is 1. The van der Waals surface area contributed by atoms with Crippen LogP contribution in [0.4, 0.5) is 5.13 Å². The maximum absolute atomic E-state index is 13.0. The van der Waals surface area contributed by atoms with Crippen LogP contribution in [0.15, 0.2) is 36.4 Å². The van der Waals surface area contributed by atoms with E-state index in [1.54, 1.807) is 0 Å². The molecule has 2 aromatic rings. The first-order chi connectivity index (χ1) is 13.1. The molecule has 0 radical (unpaired) electrons. The minimum Gasteiger partial charge on any atom is -0.460 e. The second kappa shape index (κ2) is 7.78. The van der Waals surface area contributed by atoms with Gasteiger partial charge in [0, 0.05) is 0 Å². The average Bonchev–Trinajstić information content (AvgIpc) is 3.38. The number of thiazole rings is 1. The van der Waals surface area contributed by atoms with Gasteiger partial charge in [0.05, 0.1) is 33.8 Å². The van der Waals surface area contributed by atoms with E-state index in [9.17, 15) is 9.59 Å². The third-order valence-corrected chi connectivity index (χ3v) is 6.83. The van der Waals surface area contributed by atoms with Crippen molar-refractivity contribution in [2.24, 2.45) is 23.7 Å². The Bertz CT molecular complexity index is 863. The molecule has 0 saturated heterocycles. The Balaban J connectivity index is 1.52. The summed E-state index contributed by atoms with van der Waals surface area (Å²) in [6.45, 7) is 0. The Morgan fingerprint density at radius 1 is 1.19 bits per heavy atom. The van der Waals surface area contributed by atoms with Crippen LogP contribution in [0.3, 0.4) is 0 Å². The molecule has 1 fully saturated rings. The number of hydrogen-bond donors (Lipinski definition) is 1. The summed E-state index contributed by atoms with van der Waals surface area (Å²) in [5.74, 6) is -1.26. The summed E-state index contributed by atoms with van der Waals surface area (Å²) < 4.78 is 6.44. The van der Waals surface area contributed by atoms with Crippen molar-refractivity contribution in [3.63, 3.8) is 0 Å². The number of hydrogen-bond acceptors (Lipinski definition) is 5. The van der Waals surface area contributed by atoms with E-state index in [0.717, 1.165) is 16.6 Å². The first-order valence-electron chi connectivity index (χ1n) is 8.78. The lowest BCUT2D eigenvalue weighted by molar-refractivity contribution is -0.156. The molecule has 8 heteroatoms. The van der Waals surface area contributed by atoms with Crippen LogP contribution in [0, 0.1) is 23.7 Å². The van der Waals surface area contributed by atoms with Crippen molar-refractivity contribution in [2.75, 3.05) is 17.1 Å². The van der Waals surface area contributed by atoms with Crippen molar-refractivity contribution in [3.8, 4) is 0 Å². The first kappa shape index (κ1) is 18.7. The van der Waals surface area contributed by atoms with Crippen LogP contribution in [-0.2, 0) is 14.3 Å². The number of carbonyl (C=O) groups is 2. The molecule has 4 atom stereocenters. The third-order valence-electron chi connectivity index (χ3n) is 5.19. The van der Waals surface area contributed by atoms with E-state index in [1.807, 2.05) is 36.4 Å². The highest BCUT2D eigenvalue weighted by Gasteiger charge is 2.52. The van der Waals surface area contributed by atoms with Gasteiger partial charge in [-0.2, -0.15) is 0 Å². The lowest BCUT2D eigenvalue weighted by atomic mass is 9.82. The smallest absolute Gasteiger partial charge is 0.310 e. The minimum atomic E-state index is -0.545. The van der Waals surface area contributed by atoms with Gasteiger partial charge in [-0.05, 0) is 30.4 Å². The fourth-order valence-electron chi connectivity index (χ4n) is 3.96. The van der Waals surface area contributed by atoms with E-state index in [0.29, 0.717) is 5.13 Å². The van der Waals surface area contributed by atoms with Gasteiger partial charge in [0.1, 0.15) is 6.10 Å². The number of allylic oxidation sites excluding steroid dienone is 2. The molecule has 2 aliphatic carbocycles. The van der Waals surface area contributed by atoms with Gasteiger partial charge in [-0.25, -0.2) is 4.98 Å². The quantitative estimate of drug-likeness (QED) is 0.431. The predicted molar refractivity (Wildman–Crippen MR) is 107 cm³/mol. The molecule has 1 saturated carbocycles. The summed E-state index contributed by atoms with van der Waals surface area (Å²) in [4.78, 5) is 30.1. The fraction of sp³-hybridized carbons (Fsp3) is 0.421. The number of anilines is 1. The molecule has 0 aliphatic heterocycles. The van der Waals surface area contributed by atoms with Crippen molar-refractivity contribution >= 4 is 61.8 Å². The second-order valence-electron chi connectivity index (χ2n) is 6.84. The Morgan fingerprint density at radius 3 is 2.59 bits per heavy atom. The molecule has 1 amide bonds. The molecule has 1 aromatic carbocycles. The zero-order valence-corrected chi connectivity index (χ0v) is 16.6. The van der Waals surface area contributed by atoms with Crippen LogP contribution in [0.5, 0.6) is 0 Å². The minimum absolute atomic E-state index is 0.0138. The molecule has 1 N–H and O–H groups in total. The lowest BCUT2D eigenvalue weighted by Gasteiger charge is -2.26. The van der Waals surface area contributed by atoms with E-state index < -0.39 is 23.9 Å². The molecular weight excluding hydrogens is 407 g/mol. The normalized spacial score (nSPS) is 26.0. The van der Waals surface area contributed by atoms with Gasteiger partial charge in [0.25, 0.3) is 0 Å². The molecule has 5 nitrogen and oxygen atoms in total. The molecule has 2 bridgehead atoms.